The van der Waals surface area contributed by atoms with E-state index in [1.165, 1.54) is 0 Å². The van der Waals surface area contributed by atoms with Crippen LogP contribution in [0.4, 0.5) is 0 Å². The molecule has 0 fully saturated rings. The van der Waals surface area contributed by atoms with E-state index in [9.17, 15) is 0 Å². The fraction of sp³-hybridized carbons (Fsp3) is 0.300. The van der Waals surface area contributed by atoms with E-state index in [0.717, 1.165) is 21.3 Å². The maximum Gasteiger partial charge on any atom is 0.153 e. The van der Waals surface area contributed by atoms with Crippen LogP contribution in [0.2, 0.25) is 0 Å². The number of hydrogen-bond donors (Lipinski definition) is 1. The number of nitrogens with zero attached hydrogens (tertiary/aromatic N) is 1. The Bertz CT molecular complexity index is 423. The number of furan rings is 1. The highest BCUT2D eigenvalue weighted by Crippen LogP contribution is 2.29. The van der Waals surface area contributed by atoms with E-state index in [4.69, 9.17) is 10.2 Å². The van der Waals surface area contributed by atoms with E-state index in [-0.39, 0.29) is 18.4 Å². The van der Waals surface area contributed by atoms with Crippen LogP contribution in [0.3, 0.4) is 0 Å². The second kappa shape index (κ2) is 4.79. The molecule has 0 aliphatic rings. The minimum absolute atomic E-state index is 0. The van der Waals surface area contributed by atoms with Crippen LogP contribution < -0.4 is 5.73 Å². The van der Waals surface area contributed by atoms with Gasteiger partial charge in [0.2, 0.25) is 0 Å². The normalized spacial score (nSPS) is 12.2. The van der Waals surface area contributed by atoms with E-state index in [0.29, 0.717) is 0 Å². The van der Waals surface area contributed by atoms with Crippen molar-refractivity contribution < 1.29 is 4.42 Å². The molecule has 2 rings (SSSR count). The summed E-state index contributed by atoms with van der Waals surface area (Å²) in [6, 6.07) is 3.76. The van der Waals surface area contributed by atoms with Gasteiger partial charge >= 0.3 is 0 Å². The van der Waals surface area contributed by atoms with Crippen molar-refractivity contribution in [3.63, 3.8) is 0 Å². The van der Waals surface area contributed by atoms with E-state index in [2.05, 4.69) is 4.98 Å². The van der Waals surface area contributed by atoms with Crippen molar-refractivity contribution in [2.75, 3.05) is 0 Å². The Kier molecular flexibility index (Phi) is 3.90. The fourth-order valence-corrected chi connectivity index (χ4v) is 2.13. The zero-order valence-corrected chi connectivity index (χ0v) is 10.2. The Morgan fingerprint density at radius 1 is 1.53 bits per heavy atom. The molecule has 0 aliphatic heterocycles. The number of thiazole rings is 1. The number of rotatable bonds is 2. The molecule has 0 saturated heterocycles. The highest BCUT2D eigenvalue weighted by molar-refractivity contribution is 7.12. The molecule has 1 atom stereocenters. The molecule has 5 heteroatoms. The monoisotopic (exact) mass is 244 g/mol. The topological polar surface area (TPSA) is 52.0 Å². The van der Waals surface area contributed by atoms with Crippen LogP contribution in [0.5, 0.6) is 0 Å². The predicted molar refractivity (Wildman–Crippen MR) is 64.4 cm³/mol. The molecular weight excluding hydrogens is 232 g/mol. The van der Waals surface area contributed by atoms with Crippen molar-refractivity contribution in [1.82, 2.24) is 4.98 Å². The van der Waals surface area contributed by atoms with Gasteiger partial charge in [-0.05, 0) is 26.0 Å². The SMILES string of the molecule is Cc1sc(C(C)N)nc1-c1ccco1.Cl. The van der Waals surface area contributed by atoms with E-state index < -0.39 is 0 Å². The third-order valence-electron chi connectivity index (χ3n) is 1.96. The first kappa shape index (κ1) is 12.2. The van der Waals surface area contributed by atoms with Gasteiger partial charge in [0.1, 0.15) is 10.7 Å². The van der Waals surface area contributed by atoms with Gasteiger partial charge in [-0.25, -0.2) is 4.98 Å². The highest BCUT2D eigenvalue weighted by atomic mass is 35.5. The van der Waals surface area contributed by atoms with Crippen LogP contribution >= 0.6 is 23.7 Å². The molecule has 2 aromatic heterocycles. The summed E-state index contributed by atoms with van der Waals surface area (Å²) >= 11 is 1.62. The predicted octanol–water partition coefficient (Wildman–Crippen LogP) is 3.15. The summed E-state index contributed by atoms with van der Waals surface area (Å²) in [5.41, 5.74) is 6.68. The van der Waals surface area contributed by atoms with Crippen LogP contribution in [0, 0.1) is 6.92 Å². The Morgan fingerprint density at radius 2 is 2.27 bits per heavy atom. The number of aromatic nitrogens is 1. The van der Waals surface area contributed by atoms with Crippen LogP contribution in [0.15, 0.2) is 22.8 Å². The molecule has 82 valence electrons. The number of nitrogens with two attached hydrogens (primary N) is 1. The molecule has 0 bridgehead atoms. The van der Waals surface area contributed by atoms with Gasteiger partial charge in [0.25, 0.3) is 0 Å². The van der Waals surface area contributed by atoms with Crippen molar-refractivity contribution in [1.29, 1.82) is 0 Å². The molecule has 0 aromatic carbocycles. The molecule has 2 N–H and O–H groups in total. The molecule has 0 amide bonds. The summed E-state index contributed by atoms with van der Waals surface area (Å²) in [6.45, 7) is 3.96. The molecule has 1 unspecified atom stereocenters. The fourth-order valence-electron chi connectivity index (χ4n) is 1.25. The first-order valence-electron chi connectivity index (χ1n) is 4.45. The molecule has 3 nitrogen and oxygen atoms in total. The molecule has 2 heterocycles. The van der Waals surface area contributed by atoms with Crippen LogP contribution in [-0.2, 0) is 0 Å². The second-order valence-electron chi connectivity index (χ2n) is 3.22. The van der Waals surface area contributed by atoms with E-state index in [1.54, 1.807) is 17.6 Å². The van der Waals surface area contributed by atoms with Gasteiger partial charge in [0.15, 0.2) is 5.76 Å². The smallest absolute Gasteiger partial charge is 0.153 e. The minimum Gasteiger partial charge on any atom is -0.463 e. The van der Waals surface area contributed by atoms with Crippen LogP contribution in [0.1, 0.15) is 22.9 Å². The standard InChI is InChI=1S/C10H12N2OS.ClH/c1-6(11)10-12-9(7(2)14-10)8-4-3-5-13-8;/h3-6H,11H2,1-2H3;1H. The zero-order valence-electron chi connectivity index (χ0n) is 8.56. The van der Waals surface area contributed by atoms with Gasteiger partial charge in [0, 0.05) is 4.88 Å². The first-order chi connectivity index (χ1) is 6.68. The lowest BCUT2D eigenvalue weighted by Gasteiger charge is -1.96. The summed E-state index contributed by atoms with van der Waals surface area (Å²) < 4.78 is 5.30. The molecule has 0 aliphatic carbocycles. The average Bonchev–Trinajstić information content (AvgIpc) is 2.71. The lowest BCUT2D eigenvalue weighted by Crippen LogP contribution is -2.03. The van der Waals surface area contributed by atoms with Crippen LogP contribution in [0.25, 0.3) is 11.5 Å². The molecule has 0 radical (unpaired) electrons. The molecule has 2 aromatic rings. The highest BCUT2D eigenvalue weighted by Gasteiger charge is 2.13. The Balaban J connectivity index is 0.00000112. The largest absolute Gasteiger partial charge is 0.463 e. The zero-order chi connectivity index (χ0) is 10.1. The summed E-state index contributed by atoms with van der Waals surface area (Å²) in [4.78, 5) is 5.60. The quantitative estimate of drug-likeness (QED) is 0.883. The maximum absolute atomic E-state index is 5.77. The Hall–Kier alpha value is -0.840. The lowest BCUT2D eigenvalue weighted by atomic mass is 10.3. The third-order valence-corrected chi connectivity index (χ3v) is 3.13. The summed E-state index contributed by atoms with van der Waals surface area (Å²) in [5.74, 6) is 0.811. The van der Waals surface area contributed by atoms with E-state index >= 15 is 0 Å². The summed E-state index contributed by atoms with van der Waals surface area (Å²) in [7, 11) is 0. The van der Waals surface area contributed by atoms with Crippen molar-refractivity contribution in [3.05, 3.63) is 28.3 Å². The van der Waals surface area contributed by atoms with Gasteiger partial charge in [-0.3, -0.25) is 0 Å². The summed E-state index contributed by atoms with van der Waals surface area (Å²) in [5, 5.41) is 0.953. The van der Waals surface area contributed by atoms with Crippen molar-refractivity contribution in [2.45, 2.75) is 19.9 Å². The van der Waals surface area contributed by atoms with Gasteiger partial charge in [-0.2, -0.15) is 0 Å². The van der Waals surface area contributed by atoms with Gasteiger partial charge in [-0.1, -0.05) is 0 Å². The molecule has 0 spiro atoms. The summed E-state index contributed by atoms with van der Waals surface area (Å²) in [6.07, 6.45) is 1.65. The first-order valence-corrected chi connectivity index (χ1v) is 5.27. The third kappa shape index (κ3) is 2.40. The van der Waals surface area contributed by atoms with Crippen molar-refractivity contribution in [2.24, 2.45) is 5.73 Å². The van der Waals surface area contributed by atoms with Crippen LogP contribution in [-0.4, -0.2) is 4.98 Å². The lowest BCUT2D eigenvalue weighted by molar-refractivity contribution is 0.579. The van der Waals surface area contributed by atoms with E-state index in [1.807, 2.05) is 26.0 Å². The molecule has 15 heavy (non-hydrogen) atoms. The van der Waals surface area contributed by atoms with Crippen molar-refractivity contribution >= 4 is 23.7 Å². The average molecular weight is 245 g/mol. The Morgan fingerprint density at radius 3 is 2.73 bits per heavy atom. The second-order valence-corrected chi connectivity index (χ2v) is 4.46. The van der Waals surface area contributed by atoms with Gasteiger partial charge in [-0.15, -0.1) is 23.7 Å². The van der Waals surface area contributed by atoms with Gasteiger partial charge in [0.05, 0.1) is 12.3 Å². The Labute approximate surface area is 98.7 Å². The van der Waals surface area contributed by atoms with Gasteiger partial charge < -0.3 is 10.2 Å². The molecular formula is C10H13ClN2OS. The number of hydrogen-bond acceptors (Lipinski definition) is 4. The number of halogens is 1. The number of aryl methyl sites for hydroxylation is 1. The van der Waals surface area contributed by atoms with Crippen molar-refractivity contribution in [3.8, 4) is 11.5 Å². The maximum atomic E-state index is 5.77. The molecule has 0 saturated carbocycles. The minimum atomic E-state index is -0.0117.